The number of hydrogen-bond donors (Lipinski definition) is 2. The molecule has 2 aromatic rings. The standard InChI is InChI=1S/C18H20F3NO4S/c1-27(24,25)26-13-8-9-14(15(11-13)18(19,20)21)17(23)16(22)10-7-12-5-3-2-4-6-12/h2-6,8-9,11,16-17,23H,7,10,22H2,1H3. The van der Waals surface area contributed by atoms with Gasteiger partial charge in [-0.1, -0.05) is 36.4 Å². The molecule has 2 atom stereocenters. The van der Waals surface area contributed by atoms with Gasteiger partial charge in [0.15, 0.2) is 0 Å². The van der Waals surface area contributed by atoms with E-state index < -0.39 is 45.3 Å². The van der Waals surface area contributed by atoms with Crippen molar-refractivity contribution in [2.45, 2.75) is 31.2 Å². The summed E-state index contributed by atoms with van der Waals surface area (Å²) in [4.78, 5) is 0. The fraction of sp³-hybridized carbons (Fsp3) is 0.333. The Bertz CT molecular complexity index is 870. The molecule has 0 heterocycles. The first-order chi connectivity index (χ1) is 12.5. The van der Waals surface area contributed by atoms with Gasteiger partial charge in [0.25, 0.3) is 0 Å². The van der Waals surface area contributed by atoms with E-state index in [0.717, 1.165) is 24.0 Å². The SMILES string of the molecule is CS(=O)(=O)Oc1ccc(C(O)C(N)CCc2ccccc2)c(C(F)(F)F)c1. The van der Waals surface area contributed by atoms with Crippen LogP contribution in [0.3, 0.4) is 0 Å². The van der Waals surface area contributed by atoms with E-state index in [1.807, 2.05) is 30.3 Å². The second-order valence-corrected chi connectivity index (χ2v) is 7.74. The summed E-state index contributed by atoms with van der Waals surface area (Å²) >= 11 is 0. The van der Waals surface area contributed by atoms with Gasteiger partial charge in [-0.05, 0) is 36.1 Å². The molecule has 2 aromatic carbocycles. The van der Waals surface area contributed by atoms with E-state index in [1.165, 1.54) is 0 Å². The normalized spacial score (nSPS) is 14.6. The number of rotatable bonds is 7. The van der Waals surface area contributed by atoms with Crippen LogP contribution in [-0.2, 0) is 22.7 Å². The van der Waals surface area contributed by atoms with Crippen molar-refractivity contribution in [3.8, 4) is 5.75 Å². The van der Waals surface area contributed by atoms with Gasteiger partial charge in [-0.15, -0.1) is 0 Å². The van der Waals surface area contributed by atoms with E-state index in [0.29, 0.717) is 12.5 Å². The molecule has 148 valence electrons. The van der Waals surface area contributed by atoms with Crippen LogP contribution in [0.5, 0.6) is 5.75 Å². The molecule has 27 heavy (non-hydrogen) atoms. The number of hydrogen-bond acceptors (Lipinski definition) is 5. The Balaban J connectivity index is 2.24. The second kappa shape index (κ2) is 8.28. The van der Waals surface area contributed by atoms with E-state index >= 15 is 0 Å². The predicted molar refractivity (Wildman–Crippen MR) is 94.6 cm³/mol. The number of alkyl halides is 3. The highest BCUT2D eigenvalue weighted by Gasteiger charge is 2.37. The maximum atomic E-state index is 13.4. The Morgan fingerprint density at radius 1 is 1.15 bits per heavy atom. The number of aliphatic hydroxyl groups is 1. The van der Waals surface area contributed by atoms with E-state index in [9.17, 15) is 26.7 Å². The van der Waals surface area contributed by atoms with Gasteiger partial charge in [-0.25, -0.2) is 0 Å². The zero-order valence-electron chi connectivity index (χ0n) is 14.5. The molecular formula is C18H20F3NO4S. The zero-order chi connectivity index (χ0) is 20.2. The van der Waals surface area contributed by atoms with Crippen molar-refractivity contribution in [1.82, 2.24) is 0 Å². The molecule has 0 bridgehead atoms. The molecule has 2 rings (SSSR count). The number of halogens is 3. The molecule has 0 aromatic heterocycles. The lowest BCUT2D eigenvalue weighted by Gasteiger charge is -2.23. The predicted octanol–water partition coefficient (Wildman–Crippen LogP) is 3.04. The number of benzene rings is 2. The van der Waals surface area contributed by atoms with E-state index in [-0.39, 0.29) is 6.42 Å². The molecule has 0 aliphatic heterocycles. The largest absolute Gasteiger partial charge is 0.416 e. The number of nitrogens with two attached hydrogens (primary N) is 1. The first kappa shape index (κ1) is 21.2. The summed E-state index contributed by atoms with van der Waals surface area (Å²) in [5.74, 6) is -0.487. The van der Waals surface area contributed by atoms with E-state index in [4.69, 9.17) is 5.73 Å². The topological polar surface area (TPSA) is 89.6 Å². The van der Waals surface area contributed by atoms with Crippen LogP contribution in [0.1, 0.15) is 29.2 Å². The average Bonchev–Trinajstić information content (AvgIpc) is 2.58. The number of aryl methyl sites for hydroxylation is 1. The highest BCUT2D eigenvalue weighted by Crippen LogP contribution is 2.38. The molecule has 0 saturated heterocycles. The summed E-state index contributed by atoms with van der Waals surface area (Å²) in [7, 11) is -3.98. The molecule has 5 nitrogen and oxygen atoms in total. The van der Waals surface area contributed by atoms with Crippen molar-refractivity contribution in [2.24, 2.45) is 5.73 Å². The zero-order valence-corrected chi connectivity index (χ0v) is 15.3. The molecule has 0 saturated carbocycles. The molecule has 2 unspecified atom stereocenters. The van der Waals surface area contributed by atoms with E-state index in [2.05, 4.69) is 4.18 Å². The van der Waals surface area contributed by atoms with Gasteiger partial charge < -0.3 is 15.0 Å². The monoisotopic (exact) mass is 403 g/mol. The van der Waals surface area contributed by atoms with Crippen molar-refractivity contribution in [3.05, 3.63) is 65.2 Å². The maximum Gasteiger partial charge on any atom is 0.416 e. The summed E-state index contributed by atoms with van der Waals surface area (Å²) in [5, 5.41) is 10.4. The van der Waals surface area contributed by atoms with Crippen molar-refractivity contribution in [2.75, 3.05) is 6.26 Å². The Morgan fingerprint density at radius 2 is 1.78 bits per heavy atom. The van der Waals surface area contributed by atoms with Crippen molar-refractivity contribution in [3.63, 3.8) is 0 Å². The maximum absolute atomic E-state index is 13.4. The lowest BCUT2D eigenvalue weighted by atomic mass is 9.93. The van der Waals surface area contributed by atoms with Crippen molar-refractivity contribution >= 4 is 10.1 Å². The summed E-state index contributed by atoms with van der Waals surface area (Å²) in [5.41, 5.74) is 5.24. The van der Waals surface area contributed by atoms with Crippen LogP contribution in [0.25, 0.3) is 0 Å². The van der Waals surface area contributed by atoms with Crippen LogP contribution in [0.15, 0.2) is 48.5 Å². The van der Waals surface area contributed by atoms with Gasteiger partial charge in [0.1, 0.15) is 5.75 Å². The number of aliphatic hydroxyl groups excluding tert-OH is 1. The van der Waals surface area contributed by atoms with Crippen LogP contribution in [0, 0.1) is 0 Å². The molecule has 0 spiro atoms. The summed E-state index contributed by atoms with van der Waals surface area (Å²) in [6.45, 7) is 0. The van der Waals surface area contributed by atoms with Crippen molar-refractivity contribution in [1.29, 1.82) is 0 Å². The fourth-order valence-corrected chi connectivity index (χ4v) is 3.09. The second-order valence-electron chi connectivity index (χ2n) is 6.17. The molecule has 3 N–H and O–H groups in total. The summed E-state index contributed by atoms with van der Waals surface area (Å²) in [6, 6.07) is 10.9. The Labute approximate surface area is 155 Å². The van der Waals surface area contributed by atoms with Gasteiger partial charge in [-0.3, -0.25) is 0 Å². The minimum atomic E-state index is -4.81. The first-order valence-electron chi connectivity index (χ1n) is 8.05. The minimum Gasteiger partial charge on any atom is -0.387 e. The molecule has 9 heteroatoms. The molecule has 0 fully saturated rings. The van der Waals surface area contributed by atoms with Crippen LogP contribution in [0.4, 0.5) is 13.2 Å². The molecule has 0 amide bonds. The van der Waals surface area contributed by atoms with Gasteiger partial charge >= 0.3 is 16.3 Å². The van der Waals surface area contributed by atoms with Gasteiger partial charge in [0.05, 0.1) is 17.9 Å². The molecular weight excluding hydrogens is 383 g/mol. The van der Waals surface area contributed by atoms with Crippen LogP contribution < -0.4 is 9.92 Å². The molecule has 0 aliphatic rings. The third-order valence-corrected chi connectivity index (χ3v) is 4.41. The van der Waals surface area contributed by atoms with Crippen LogP contribution in [0.2, 0.25) is 0 Å². The van der Waals surface area contributed by atoms with Crippen molar-refractivity contribution < 1.29 is 30.9 Å². The fourth-order valence-electron chi connectivity index (χ4n) is 2.63. The lowest BCUT2D eigenvalue weighted by Crippen LogP contribution is -2.30. The van der Waals surface area contributed by atoms with Crippen LogP contribution in [-0.4, -0.2) is 25.8 Å². The Kier molecular flexibility index (Phi) is 6.50. The first-order valence-corrected chi connectivity index (χ1v) is 9.87. The Morgan fingerprint density at radius 3 is 2.33 bits per heavy atom. The van der Waals surface area contributed by atoms with Gasteiger partial charge in [-0.2, -0.15) is 21.6 Å². The quantitative estimate of drug-likeness (QED) is 0.694. The minimum absolute atomic E-state index is 0.268. The highest BCUT2D eigenvalue weighted by molar-refractivity contribution is 7.86. The average molecular weight is 403 g/mol. The lowest BCUT2D eigenvalue weighted by molar-refractivity contribution is -0.139. The Hall–Kier alpha value is -2.10. The third kappa shape index (κ3) is 6.23. The third-order valence-electron chi connectivity index (χ3n) is 3.91. The van der Waals surface area contributed by atoms with Gasteiger partial charge in [0.2, 0.25) is 0 Å². The smallest absolute Gasteiger partial charge is 0.387 e. The highest BCUT2D eigenvalue weighted by atomic mass is 32.2. The summed E-state index contributed by atoms with van der Waals surface area (Å²) < 4.78 is 66.9. The molecule has 0 radical (unpaired) electrons. The van der Waals surface area contributed by atoms with Crippen LogP contribution >= 0.6 is 0 Å². The summed E-state index contributed by atoms with van der Waals surface area (Å²) in [6.07, 6.45) is -4.90. The molecule has 0 aliphatic carbocycles. The van der Waals surface area contributed by atoms with Gasteiger partial charge in [0, 0.05) is 6.04 Å². The van der Waals surface area contributed by atoms with E-state index in [1.54, 1.807) is 0 Å².